The van der Waals surface area contributed by atoms with E-state index in [1.807, 2.05) is 0 Å². The number of carboxylic acids is 1. The van der Waals surface area contributed by atoms with E-state index < -0.39 is 41.9 Å². The Morgan fingerprint density at radius 1 is 1.12 bits per heavy atom. The molecule has 126 valence electrons. The minimum atomic E-state index is -1.05. The number of amides is 1. The molecule has 1 aromatic carbocycles. The molecule has 2 heterocycles. The van der Waals surface area contributed by atoms with Crippen LogP contribution in [0.2, 0.25) is 0 Å². The van der Waals surface area contributed by atoms with Crippen molar-refractivity contribution in [3.05, 3.63) is 42.0 Å². The summed E-state index contributed by atoms with van der Waals surface area (Å²) in [6.45, 7) is 2.00. The van der Waals surface area contributed by atoms with E-state index >= 15 is 0 Å². The quantitative estimate of drug-likeness (QED) is 0.625. The van der Waals surface area contributed by atoms with E-state index in [1.54, 1.807) is 43.3 Å². The molecule has 2 aliphatic rings. The van der Waals surface area contributed by atoms with Gasteiger partial charge in [0.1, 0.15) is 5.92 Å². The summed E-state index contributed by atoms with van der Waals surface area (Å²) in [5, 5.41) is 12.0. The highest BCUT2D eigenvalue weighted by molar-refractivity contribution is 5.97. The van der Waals surface area contributed by atoms with Crippen molar-refractivity contribution in [3.63, 3.8) is 0 Å². The van der Waals surface area contributed by atoms with Gasteiger partial charge >= 0.3 is 11.9 Å². The van der Waals surface area contributed by atoms with Crippen LogP contribution < -0.4 is 5.32 Å². The lowest BCUT2D eigenvalue weighted by Gasteiger charge is -2.21. The van der Waals surface area contributed by atoms with E-state index in [2.05, 4.69) is 5.32 Å². The molecule has 0 aromatic heterocycles. The number of carboxylic acid groups (broad SMARTS) is 1. The minimum absolute atomic E-state index is 0.283. The zero-order valence-corrected chi connectivity index (χ0v) is 13.0. The molecule has 24 heavy (non-hydrogen) atoms. The van der Waals surface area contributed by atoms with Crippen LogP contribution >= 0.6 is 0 Å². The van der Waals surface area contributed by atoms with Gasteiger partial charge in [-0.1, -0.05) is 12.2 Å². The number of rotatable bonds is 5. The molecule has 0 spiro atoms. The Morgan fingerprint density at radius 3 is 2.33 bits per heavy atom. The van der Waals surface area contributed by atoms with Crippen molar-refractivity contribution >= 4 is 23.5 Å². The first kappa shape index (κ1) is 16.2. The summed E-state index contributed by atoms with van der Waals surface area (Å²) >= 11 is 0. The lowest BCUT2D eigenvalue weighted by molar-refractivity contribution is -0.145. The van der Waals surface area contributed by atoms with E-state index in [0.717, 1.165) is 0 Å². The number of hydrogen-bond donors (Lipinski definition) is 2. The third kappa shape index (κ3) is 2.90. The van der Waals surface area contributed by atoms with Crippen LogP contribution in [0.1, 0.15) is 17.3 Å². The van der Waals surface area contributed by atoms with Crippen LogP contribution in [-0.4, -0.2) is 41.8 Å². The van der Waals surface area contributed by atoms with E-state index in [9.17, 15) is 19.5 Å². The third-order valence-electron chi connectivity index (χ3n) is 4.15. The van der Waals surface area contributed by atoms with Gasteiger partial charge in [-0.05, 0) is 31.2 Å². The number of carbonyl (C=O) groups excluding carboxylic acids is 2. The van der Waals surface area contributed by atoms with Crippen LogP contribution in [0.25, 0.3) is 0 Å². The number of fused-ring (bicyclic) bond motifs is 2. The van der Waals surface area contributed by atoms with Gasteiger partial charge in [-0.3, -0.25) is 9.59 Å². The summed E-state index contributed by atoms with van der Waals surface area (Å²) in [7, 11) is 0. The van der Waals surface area contributed by atoms with Gasteiger partial charge in [0.25, 0.3) is 0 Å². The van der Waals surface area contributed by atoms with Crippen molar-refractivity contribution in [2.75, 3.05) is 11.9 Å². The fraction of sp³-hybridized carbons (Fsp3) is 0.353. The van der Waals surface area contributed by atoms with Crippen LogP contribution in [0, 0.1) is 11.8 Å². The number of nitrogens with one attached hydrogen (secondary N) is 1. The highest BCUT2D eigenvalue weighted by atomic mass is 16.5. The molecule has 7 nitrogen and oxygen atoms in total. The first-order valence-electron chi connectivity index (χ1n) is 7.66. The summed E-state index contributed by atoms with van der Waals surface area (Å²) in [5.74, 6) is -3.57. The molecule has 1 saturated heterocycles. The summed E-state index contributed by atoms with van der Waals surface area (Å²) in [5.41, 5.74) is 0.855. The number of carbonyl (C=O) groups is 3. The summed E-state index contributed by atoms with van der Waals surface area (Å²) < 4.78 is 10.4. The van der Waals surface area contributed by atoms with Gasteiger partial charge in [0, 0.05) is 5.69 Å². The smallest absolute Gasteiger partial charge is 0.338 e. The molecular formula is C17H17NO6. The van der Waals surface area contributed by atoms with Crippen LogP contribution in [0.3, 0.4) is 0 Å². The number of aliphatic carboxylic acids is 1. The molecule has 0 radical (unpaired) electrons. The Morgan fingerprint density at radius 2 is 1.75 bits per heavy atom. The molecule has 0 unspecified atom stereocenters. The van der Waals surface area contributed by atoms with Gasteiger partial charge in [-0.2, -0.15) is 0 Å². The first-order valence-corrected chi connectivity index (χ1v) is 7.66. The predicted octanol–water partition coefficient (Wildman–Crippen LogP) is 1.46. The second-order valence-corrected chi connectivity index (χ2v) is 5.63. The first-order chi connectivity index (χ1) is 11.5. The maximum atomic E-state index is 12.5. The molecule has 2 aliphatic heterocycles. The zero-order chi connectivity index (χ0) is 17.3. The summed E-state index contributed by atoms with van der Waals surface area (Å²) in [4.78, 5) is 35.4. The average molecular weight is 331 g/mol. The second-order valence-electron chi connectivity index (χ2n) is 5.63. The van der Waals surface area contributed by atoms with Crippen molar-refractivity contribution < 1.29 is 29.0 Å². The largest absolute Gasteiger partial charge is 0.481 e. The lowest BCUT2D eigenvalue weighted by atomic mass is 9.82. The van der Waals surface area contributed by atoms with Gasteiger partial charge in [0.2, 0.25) is 5.91 Å². The molecule has 1 fully saturated rings. The van der Waals surface area contributed by atoms with Crippen molar-refractivity contribution in [2.24, 2.45) is 11.8 Å². The molecule has 1 amide bonds. The monoisotopic (exact) mass is 331 g/mol. The van der Waals surface area contributed by atoms with Gasteiger partial charge in [-0.15, -0.1) is 0 Å². The molecule has 7 heteroatoms. The maximum absolute atomic E-state index is 12.5. The Balaban J connectivity index is 1.70. The maximum Gasteiger partial charge on any atom is 0.338 e. The van der Waals surface area contributed by atoms with E-state index in [1.165, 1.54) is 0 Å². The van der Waals surface area contributed by atoms with Gasteiger partial charge in [0.15, 0.2) is 0 Å². The second kappa shape index (κ2) is 6.45. The molecule has 4 atom stereocenters. The molecule has 3 rings (SSSR count). The highest BCUT2D eigenvalue weighted by Crippen LogP contribution is 2.39. The molecule has 2 N–H and O–H groups in total. The van der Waals surface area contributed by atoms with Gasteiger partial charge in [0.05, 0.1) is 30.3 Å². The van der Waals surface area contributed by atoms with Crippen LogP contribution in [0.4, 0.5) is 5.69 Å². The zero-order valence-electron chi connectivity index (χ0n) is 13.0. The number of esters is 1. The SMILES string of the molecule is CCOC(=O)c1ccc(NC(=O)[C@@H]2[C@H](C(=O)O)[C@H]3C=C[C@H]2O3)cc1. The Hall–Kier alpha value is -2.67. The molecule has 0 saturated carbocycles. The number of benzene rings is 1. The highest BCUT2D eigenvalue weighted by Gasteiger charge is 2.53. The number of ether oxygens (including phenoxy) is 2. The minimum Gasteiger partial charge on any atom is -0.481 e. The van der Waals surface area contributed by atoms with E-state index in [0.29, 0.717) is 11.3 Å². The summed E-state index contributed by atoms with van der Waals surface area (Å²) in [6.07, 6.45) is 2.32. The topological polar surface area (TPSA) is 102 Å². The van der Waals surface area contributed by atoms with Crippen molar-refractivity contribution in [1.29, 1.82) is 0 Å². The van der Waals surface area contributed by atoms with E-state index in [-0.39, 0.29) is 6.61 Å². The number of anilines is 1. The Bertz CT molecular complexity index is 696. The molecule has 2 bridgehead atoms. The van der Waals surface area contributed by atoms with Crippen molar-refractivity contribution in [1.82, 2.24) is 0 Å². The lowest BCUT2D eigenvalue weighted by Crippen LogP contribution is -2.39. The van der Waals surface area contributed by atoms with Gasteiger partial charge < -0.3 is 19.9 Å². The van der Waals surface area contributed by atoms with Crippen LogP contribution in [0.5, 0.6) is 0 Å². The van der Waals surface area contributed by atoms with Crippen molar-refractivity contribution in [2.45, 2.75) is 19.1 Å². The standard InChI is InChI=1S/C17H17NO6/c1-2-23-17(22)9-3-5-10(6-4-9)18-15(19)13-11-7-8-12(24-11)14(13)16(20)21/h3-8,11-14H,2H2,1H3,(H,18,19)(H,20,21)/t11-,12-,13+,14-/m1/s1. The summed E-state index contributed by atoms with van der Waals surface area (Å²) in [6, 6.07) is 6.23. The molecule has 0 aliphatic carbocycles. The van der Waals surface area contributed by atoms with Gasteiger partial charge in [-0.25, -0.2) is 4.79 Å². The van der Waals surface area contributed by atoms with E-state index in [4.69, 9.17) is 9.47 Å². The predicted molar refractivity (Wildman–Crippen MR) is 83.4 cm³/mol. The van der Waals surface area contributed by atoms with Crippen LogP contribution in [-0.2, 0) is 19.1 Å². The molecular weight excluding hydrogens is 314 g/mol. The number of hydrogen-bond acceptors (Lipinski definition) is 5. The average Bonchev–Trinajstić information content (AvgIpc) is 3.16. The Kier molecular flexibility index (Phi) is 4.35. The normalized spacial score (nSPS) is 27.0. The fourth-order valence-electron chi connectivity index (χ4n) is 3.04. The van der Waals surface area contributed by atoms with Crippen molar-refractivity contribution in [3.8, 4) is 0 Å². The third-order valence-corrected chi connectivity index (χ3v) is 4.15. The van der Waals surface area contributed by atoms with Crippen LogP contribution in [0.15, 0.2) is 36.4 Å². The Labute approximate surface area is 138 Å². The fourth-order valence-corrected chi connectivity index (χ4v) is 3.04. The molecule has 1 aromatic rings.